The van der Waals surface area contributed by atoms with Gasteiger partial charge in [0, 0.05) is 0 Å². The fourth-order valence-electron chi connectivity index (χ4n) is 1.51. The van der Waals surface area contributed by atoms with E-state index in [4.69, 9.17) is 10.2 Å². The molecule has 0 saturated carbocycles. The van der Waals surface area contributed by atoms with E-state index in [1.165, 1.54) is 0 Å². The van der Waals surface area contributed by atoms with Gasteiger partial charge in [-0.25, -0.2) is 4.79 Å². The van der Waals surface area contributed by atoms with Gasteiger partial charge in [-0.1, -0.05) is 0 Å². The summed E-state index contributed by atoms with van der Waals surface area (Å²) >= 11 is 0. The van der Waals surface area contributed by atoms with Gasteiger partial charge in [-0.15, -0.1) is 0 Å². The Morgan fingerprint density at radius 2 is 1.65 bits per heavy atom. The van der Waals surface area contributed by atoms with Crippen molar-refractivity contribution in [3.8, 4) is 0 Å². The number of rotatable bonds is 6. The number of hydrogen-bond donors (Lipinski definition) is 2. The zero-order valence-electron chi connectivity index (χ0n) is 8.22. The average molecular weight is 248 g/mol. The molecule has 0 spiro atoms. The molecule has 0 bridgehead atoms. The predicted octanol–water partition coefficient (Wildman–Crippen LogP) is -1.79. The normalized spacial score (nSPS) is 31.5. The minimum absolute atomic E-state index is 0.0605. The van der Waals surface area contributed by atoms with Gasteiger partial charge in [0.15, 0.2) is 12.2 Å². The lowest BCUT2D eigenvalue weighted by atomic mass is 9.98. The lowest BCUT2D eigenvalue weighted by molar-refractivity contribution is -0.186. The van der Waals surface area contributed by atoms with Crippen LogP contribution in [-0.4, -0.2) is 53.6 Å². The molecular weight excluding hydrogens is 240 g/mol. The second-order valence-corrected chi connectivity index (χ2v) is 3.06. The van der Waals surface area contributed by atoms with Crippen LogP contribution in [0.15, 0.2) is 0 Å². The highest BCUT2D eigenvalue weighted by molar-refractivity contribution is 5.83. The zero-order chi connectivity index (χ0) is 13.0. The van der Waals surface area contributed by atoms with E-state index in [1.54, 1.807) is 0 Å². The summed E-state index contributed by atoms with van der Waals surface area (Å²) in [6, 6.07) is 0. The van der Waals surface area contributed by atoms with Crippen molar-refractivity contribution in [3.63, 3.8) is 0 Å². The van der Waals surface area contributed by atoms with Crippen molar-refractivity contribution in [1.82, 2.24) is 0 Å². The lowest BCUT2D eigenvalue weighted by Gasteiger charge is -2.16. The van der Waals surface area contributed by atoms with Crippen LogP contribution in [0.1, 0.15) is 0 Å². The summed E-state index contributed by atoms with van der Waals surface area (Å²) in [4.78, 5) is 41.9. The van der Waals surface area contributed by atoms with Crippen molar-refractivity contribution in [2.45, 2.75) is 18.5 Å². The molecule has 9 nitrogen and oxygen atoms in total. The van der Waals surface area contributed by atoms with Gasteiger partial charge >= 0.3 is 11.9 Å². The van der Waals surface area contributed by atoms with Gasteiger partial charge in [-0.05, 0) is 0 Å². The van der Waals surface area contributed by atoms with Crippen LogP contribution in [0.5, 0.6) is 0 Å². The summed E-state index contributed by atoms with van der Waals surface area (Å²) in [5.41, 5.74) is 0. The molecule has 4 atom stereocenters. The molecule has 9 heteroatoms. The van der Waals surface area contributed by atoms with Gasteiger partial charge in [-0.2, -0.15) is 0 Å². The van der Waals surface area contributed by atoms with Gasteiger partial charge in [0.25, 0.3) is 12.9 Å². The van der Waals surface area contributed by atoms with Gasteiger partial charge in [0.1, 0.15) is 5.92 Å². The minimum Gasteiger partial charge on any atom is -0.481 e. The van der Waals surface area contributed by atoms with E-state index in [1.807, 2.05) is 0 Å². The van der Waals surface area contributed by atoms with Crippen LogP contribution >= 0.6 is 0 Å². The standard InChI is InChI=1S/C8H8O9/c9-1-15-5-3(6(11)12)4(7(13)14)17-8(5)16-2-10/h1-5,8H,(H,11,12)(H,13,14). The van der Waals surface area contributed by atoms with Crippen molar-refractivity contribution in [2.24, 2.45) is 5.92 Å². The Morgan fingerprint density at radius 1 is 1.06 bits per heavy atom. The van der Waals surface area contributed by atoms with Crippen LogP contribution in [0.3, 0.4) is 0 Å². The largest absolute Gasteiger partial charge is 0.481 e. The van der Waals surface area contributed by atoms with Gasteiger partial charge in [0.2, 0.25) is 6.29 Å². The van der Waals surface area contributed by atoms with Crippen molar-refractivity contribution < 1.29 is 43.6 Å². The van der Waals surface area contributed by atoms with E-state index in [2.05, 4.69) is 14.2 Å². The Morgan fingerprint density at radius 3 is 2.06 bits per heavy atom. The minimum atomic E-state index is -1.76. The van der Waals surface area contributed by atoms with Gasteiger partial charge < -0.3 is 24.4 Å². The third-order valence-corrected chi connectivity index (χ3v) is 2.16. The summed E-state index contributed by atoms with van der Waals surface area (Å²) in [6.45, 7) is -0.135. The number of carbonyl (C=O) groups is 4. The average Bonchev–Trinajstić information content (AvgIpc) is 2.59. The van der Waals surface area contributed by atoms with Crippen LogP contribution < -0.4 is 0 Å². The number of aliphatic carboxylic acids is 2. The van der Waals surface area contributed by atoms with Crippen molar-refractivity contribution >= 4 is 24.9 Å². The van der Waals surface area contributed by atoms with Crippen LogP contribution in [0.4, 0.5) is 0 Å². The molecule has 0 aromatic rings. The van der Waals surface area contributed by atoms with Crippen molar-refractivity contribution in [1.29, 1.82) is 0 Å². The molecule has 0 aliphatic carbocycles. The smallest absolute Gasteiger partial charge is 0.334 e. The highest BCUT2D eigenvalue weighted by atomic mass is 16.7. The van der Waals surface area contributed by atoms with E-state index >= 15 is 0 Å². The summed E-state index contributed by atoms with van der Waals surface area (Å²) < 4.78 is 13.4. The van der Waals surface area contributed by atoms with Crippen LogP contribution in [0.25, 0.3) is 0 Å². The molecule has 17 heavy (non-hydrogen) atoms. The molecule has 1 rings (SSSR count). The first-order valence-electron chi connectivity index (χ1n) is 4.32. The maximum absolute atomic E-state index is 10.9. The third kappa shape index (κ3) is 2.50. The van der Waals surface area contributed by atoms with E-state index in [0.29, 0.717) is 0 Å². The maximum Gasteiger partial charge on any atom is 0.334 e. The first-order valence-corrected chi connectivity index (χ1v) is 4.32. The van der Waals surface area contributed by atoms with Crippen molar-refractivity contribution in [3.05, 3.63) is 0 Å². The van der Waals surface area contributed by atoms with E-state index in [9.17, 15) is 19.2 Å². The Hall–Kier alpha value is -2.16. The molecular formula is C8H8O9. The topological polar surface area (TPSA) is 136 Å². The summed E-state index contributed by atoms with van der Waals surface area (Å²) in [5, 5.41) is 17.6. The second kappa shape index (κ2) is 5.25. The second-order valence-electron chi connectivity index (χ2n) is 3.06. The van der Waals surface area contributed by atoms with Gasteiger partial charge in [0.05, 0.1) is 0 Å². The molecule has 94 valence electrons. The SMILES string of the molecule is O=COC1OC(C(=O)O)C(C(=O)O)C1OC=O. The van der Waals surface area contributed by atoms with E-state index < -0.39 is 36.4 Å². The monoisotopic (exact) mass is 248 g/mol. The molecule has 1 heterocycles. The van der Waals surface area contributed by atoms with Crippen LogP contribution in [0.2, 0.25) is 0 Å². The Bertz CT molecular complexity index is 338. The predicted molar refractivity (Wildman–Crippen MR) is 45.5 cm³/mol. The van der Waals surface area contributed by atoms with E-state index in [-0.39, 0.29) is 12.9 Å². The Balaban J connectivity index is 2.98. The molecule has 0 aromatic heterocycles. The number of ether oxygens (including phenoxy) is 3. The number of hydrogen-bond acceptors (Lipinski definition) is 7. The van der Waals surface area contributed by atoms with Crippen LogP contribution in [-0.2, 0) is 33.4 Å². The lowest BCUT2D eigenvalue weighted by Crippen LogP contribution is -2.39. The molecule has 0 amide bonds. The first-order chi connectivity index (χ1) is 8.02. The highest BCUT2D eigenvalue weighted by Crippen LogP contribution is 2.30. The first kappa shape index (κ1) is 12.9. The zero-order valence-corrected chi connectivity index (χ0v) is 8.22. The molecule has 1 fully saturated rings. The molecule has 1 saturated heterocycles. The molecule has 0 aromatic carbocycles. The fraction of sp³-hybridized carbons (Fsp3) is 0.500. The summed E-state index contributed by atoms with van der Waals surface area (Å²) in [5.74, 6) is -4.75. The molecule has 1 aliphatic heterocycles. The Labute approximate surface area is 93.9 Å². The number of carboxylic acids is 2. The molecule has 4 unspecified atom stereocenters. The molecule has 1 aliphatic rings. The maximum atomic E-state index is 10.9. The third-order valence-electron chi connectivity index (χ3n) is 2.16. The van der Waals surface area contributed by atoms with Crippen LogP contribution in [0, 0.1) is 5.92 Å². The molecule has 0 radical (unpaired) electrons. The van der Waals surface area contributed by atoms with Gasteiger partial charge in [-0.3, -0.25) is 14.4 Å². The Kier molecular flexibility index (Phi) is 3.99. The molecule has 2 N–H and O–H groups in total. The number of carbonyl (C=O) groups excluding carboxylic acids is 2. The highest BCUT2D eigenvalue weighted by Gasteiger charge is 2.54. The van der Waals surface area contributed by atoms with E-state index in [0.717, 1.165) is 0 Å². The van der Waals surface area contributed by atoms with Crippen molar-refractivity contribution in [2.75, 3.05) is 0 Å². The quantitative estimate of drug-likeness (QED) is 0.522. The number of carboxylic acid groups (broad SMARTS) is 2. The summed E-state index contributed by atoms with van der Waals surface area (Å²) in [7, 11) is 0. The fourth-order valence-corrected chi connectivity index (χ4v) is 1.51. The summed E-state index contributed by atoms with van der Waals surface area (Å²) in [6.07, 6.45) is -4.82.